The summed E-state index contributed by atoms with van der Waals surface area (Å²) in [5, 5.41) is 11.2. The summed E-state index contributed by atoms with van der Waals surface area (Å²) in [4.78, 5) is 0. The van der Waals surface area contributed by atoms with Gasteiger partial charge in [0.25, 0.3) is 0 Å². The summed E-state index contributed by atoms with van der Waals surface area (Å²) in [5.74, 6) is 0.719. The Balaban J connectivity index is -0.00000121. The Morgan fingerprint density at radius 1 is 0.800 bits per heavy atom. The summed E-state index contributed by atoms with van der Waals surface area (Å²) in [5.41, 5.74) is 7.85. The molecule has 0 heterocycles. The molecule has 0 aromatic rings. The first-order valence-electron chi connectivity index (χ1n) is 8.13. The van der Waals surface area contributed by atoms with Crippen LogP contribution in [0.15, 0.2) is 45.6 Å². The Kier molecular flexibility index (Phi) is 13.5. The molecule has 1 nitrogen and oxygen atoms in total. The van der Waals surface area contributed by atoms with Crippen molar-refractivity contribution in [3.63, 3.8) is 0 Å². The van der Waals surface area contributed by atoms with Crippen LogP contribution in [0.3, 0.4) is 0 Å². The summed E-state index contributed by atoms with van der Waals surface area (Å²) in [6, 6.07) is 0. The van der Waals surface area contributed by atoms with E-state index in [-0.39, 0.29) is 63.4 Å². The number of hydrogen-bond donors (Lipinski definition) is 1. The summed E-state index contributed by atoms with van der Waals surface area (Å²) in [7, 11) is -1.34. The molecular formula is C19H30Cl3OSiZr. The smallest absolute Gasteiger partial charge is 1.00 e. The zero-order chi connectivity index (χ0) is 16.1. The van der Waals surface area contributed by atoms with Crippen molar-refractivity contribution in [2.45, 2.75) is 59.9 Å². The minimum atomic E-state index is -1.34. The Labute approximate surface area is 193 Å². The van der Waals surface area contributed by atoms with E-state index in [0.29, 0.717) is 11.8 Å². The SMILES string of the molecule is CC1=CC(C)=C(C(O)(C2=C(C)C=C(C)C2C)[SiH](C)C)C1C.[Cl-].[Cl-].[Cl-].[Zr+3]. The molecule has 1 radical (unpaired) electrons. The fourth-order valence-corrected chi connectivity index (χ4v) is 6.45. The summed E-state index contributed by atoms with van der Waals surface area (Å²) in [6.45, 7) is 17.8. The number of hydrogen-bond acceptors (Lipinski definition) is 1. The molecule has 0 saturated carbocycles. The van der Waals surface area contributed by atoms with Gasteiger partial charge in [0.15, 0.2) is 0 Å². The molecule has 25 heavy (non-hydrogen) atoms. The molecule has 141 valence electrons. The second kappa shape index (κ2) is 11.0. The van der Waals surface area contributed by atoms with Gasteiger partial charge >= 0.3 is 26.2 Å². The molecule has 1 N–H and O–H groups in total. The first-order chi connectivity index (χ1) is 9.62. The first kappa shape index (κ1) is 30.6. The van der Waals surface area contributed by atoms with Crippen molar-refractivity contribution in [2.24, 2.45) is 11.8 Å². The van der Waals surface area contributed by atoms with Crippen LogP contribution in [-0.4, -0.2) is 19.1 Å². The molecule has 0 aromatic heterocycles. The van der Waals surface area contributed by atoms with Crippen molar-refractivity contribution < 1.29 is 68.5 Å². The maximum atomic E-state index is 11.9. The molecule has 0 aromatic carbocycles. The third-order valence-electron chi connectivity index (χ3n) is 5.63. The maximum absolute atomic E-state index is 11.9. The predicted octanol–water partition coefficient (Wildman–Crippen LogP) is -4.42. The van der Waals surface area contributed by atoms with Crippen LogP contribution in [-0.2, 0) is 26.2 Å². The van der Waals surface area contributed by atoms with E-state index in [1.54, 1.807) is 0 Å². The molecule has 2 atom stereocenters. The van der Waals surface area contributed by atoms with Crippen LogP contribution >= 0.6 is 0 Å². The largest absolute Gasteiger partial charge is 3.00 e. The standard InChI is InChI=1S/C19H30OSi.3ClH.Zr/c1-11-9-13(3)17(15(11)5)19(20,21(7)8)18-14(4)10-12(2)16(18)6;;;;/h9-10,15-16,20-21H,1-8H3;3*1H;/q;;;;+3/p-3. The van der Waals surface area contributed by atoms with E-state index in [1.807, 2.05) is 0 Å². The van der Waals surface area contributed by atoms with Gasteiger partial charge in [-0.3, -0.25) is 0 Å². The Morgan fingerprint density at radius 2 is 1.08 bits per heavy atom. The second-order valence-electron chi connectivity index (χ2n) is 7.33. The quantitative estimate of drug-likeness (QED) is 0.389. The van der Waals surface area contributed by atoms with Crippen LogP contribution in [0, 0.1) is 11.8 Å². The van der Waals surface area contributed by atoms with E-state index in [0.717, 1.165) is 0 Å². The van der Waals surface area contributed by atoms with Gasteiger partial charge in [-0.2, -0.15) is 0 Å². The van der Waals surface area contributed by atoms with Crippen LogP contribution in [0.5, 0.6) is 0 Å². The third kappa shape index (κ3) is 5.04. The molecule has 2 aliphatic carbocycles. The van der Waals surface area contributed by atoms with E-state index in [4.69, 9.17) is 0 Å². The molecule has 0 aliphatic heterocycles. The second-order valence-corrected chi connectivity index (χ2v) is 10.5. The van der Waals surface area contributed by atoms with Gasteiger partial charge in [-0.25, -0.2) is 0 Å². The van der Waals surface area contributed by atoms with Crippen LogP contribution in [0.4, 0.5) is 0 Å². The van der Waals surface area contributed by atoms with Gasteiger partial charge in [0.05, 0.1) is 14.0 Å². The van der Waals surface area contributed by atoms with Crippen molar-refractivity contribution in [1.29, 1.82) is 0 Å². The van der Waals surface area contributed by atoms with Crippen molar-refractivity contribution in [1.82, 2.24) is 0 Å². The molecule has 2 aliphatic rings. The van der Waals surface area contributed by atoms with Crippen LogP contribution in [0.2, 0.25) is 13.1 Å². The monoisotopic (exact) mass is 497 g/mol. The van der Waals surface area contributed by atoms with Gasteiger partial charge in [-0.15, -0.1) is 0 Å². The van der Waals surface area contributed by atoms with Gasteiger partial charge in [-0.1, -0.05) is 50.2 Å². The summed E-state index contributed by atoms with van der Waals surface area (Å²) >= 11 is 0. The Morgan fingerprint density at radius 3 is 1.24 bits per heavy atom. The first-order valence-corrected chi connectivity index (χ1v) is 11.0. The number of rotatable bonds is 3. The van der Waals surface area contributed by atoms with Gasteiger partial charge in [0.1, 0.15) is 0 Å². The van der Waals surface area contributed by atoms with E-state index in [1.165, 1.54) is 33.4 Å². The number of allylic oxidation sites excluding steroid dienone is 6. The fourth-order valence-electron chi connectivity index (χ4n) is 4.26. The molecule has 2 rings (SSSR count). The van der Waals surface area contributed by atoms with E-state index < -0.39 is 14.0 Å². The van der Waals surface area contributed by atoms with Crippen molar-refractivity contribution in [2.75, 3.05) is 0 Å². The zero-order valence-corrected chi connectivity index (χ0v) is 22.3. The molecule has 2 unspecified atom stereocenters. The molecule has 6 heteroatoms. The van der Waals surface area contributed by atoms with Crippen molar-refractivity contribution in [3.8, 4) is 0 Å². The van der Waals surface area contributed by atoms with E-state index in [2.05, 4.69) is 66.8 Å². The molecular weight excluding hydrogens is 470 g/mol. The van der Waals surface area contributed by atoms with Crippen molar-refractivity contribution in [3.05, 3.63) is 45.6 Å². The molecule has 0 saturated heterocycles. The average molecular weight is 500 g/mol. The molecule has 0 fully saturated rings. The third-order valence-corrected chi connectivity index (χ3v) is 7.92. The van der Waals surface area contributed by atoms with Crippen LogP contribution in [0.25, 0.3) is 0 Å². The summed E-state index contributed by atoms with van der Waals surface area (Å²) < 4.78 is 0. The van der Waals surface area contributed by atoms with E-state index in [9.17, 15) is 5.11 Å². The fraction of sp³-hybridized carbons (Fsp3) is 0.579. The van der Waals surface area contributed by atoms with Gasteiger partial charge in [0, 0.05) is 11.8 Å². The minimum absolute atomic E-state index is 0. The van der Waals surface area contributed by atoms with E-state index >= 15 is 0 Å². The molecule has 0 spiro atoms. The number of aliphatic hydroxyl groups is 1. The molecule has 0 amide bonds. The Hall–Kier alpha value is 0.890. The zero-order valence-electron chi connectivity index (χ0n) is 16.5. The number of halogens is 3. The minimum Gasteiger partial charge on any atom is -1.00 e. The van der Waals surface area contributed by atoms with Gasteiger partial charge in [0.2, 0.25) is 0 Å². The molecule has 0 bridgehead atoms. The topological polar surface area (TPSA) is 20.2 Å². The maximum Gasteiger partial charge on any atom is 3.00 e. The van der Waals surface area contributed by atoms with Crippen LogP contribution in [0.1, 0.15) is 41.5 Å². The normalized spacial score (nSPS) is 24.6. The Bertz CT molecular complexity index is 560. The van der Waals surface area contributed by atoms with Crippen molar-refractivity contribution >= 4 is 8.80 Å². The predicted molar refractivity (Wildman–Crippen MR) is 95.1 cm³/mol. The summed E-state index contributed by atoms with van der Waals surface area (Å²) in [6.07, 6.45) is 4.52. The van der Waals surface area contributed by atoms with Gasteiger partial charge < -0.3 is 42.3 Å². The van der Waals surface area contributed by atoms with Crippen LogP contribution < -0.4 is 37.2 Å². The van der Waals surface area contributed by atoms with Gasteiger partial charge in [-0.05, 0) is 50.0 Å². The average Bonchev–Trinajstić information content (AvgIpc) is 2.76.